The van der Waals surface area contributed by atoms with Gasteiger partial charge in [-0.05, 0) is 42.3 Å². The molecule has 36 heavy (non-hydrogen) atoms. The summed E-state index contributed by atoms with van der Waals surface area (Å²) in [5, 5.41) is 21.9. The van der Waals surface area contributed by atoms with Crippen LogP contribution in [0.3, 0.4) is 0 Å². The summed E-state index contributed by atoms with van der Waals surface area (Å²) in [5.41, 5.74) is 1.62. The molecule has 16 heteroatoms. The smallest absolute Gasteiger partial charge is 0.441 e. The molecule has 2 fully saturated rings. The number of carbonyl (C=O) groups excluding carboxylic acids is 1. The van der Waals surface area contributed by atoms with E-state index in [1.807, 2.05) is 0 Å². The number of pyridine rings is 1. The average Bonchev–Trinajstić information content (AvgIpc) is 3.42. The first kappa shape index (κ1) is 25.7. The van der Waals surface area contributed by atoms with E-state index in [-0.39, 0.29) is 12.2 Å². The maximum atomic E-state index is 14.8. The number of hydrogen-bond acceptors (Lipinski definition) is 8. The molecule has 1 aliphatic heterocycles. The van der Waals surface area contributed by atoms with E-state index in [0.29, 0.717) is 28.7 Å². The molecule has 2 atom stereocenters. The van der Waals surface area contributed by atoms with Crippen LogP contribution < -0.4 is 4.90 Å². The molecule has 0 bridgehead atoms. The van der Waals surface area contributed by atoms with E-state index >= 15 is 0 Å². The molecule has 2 aromatic heterocycles. The van der Waals surface area contributed by atoms with E-state index in [9.17, 15) is 18.7 Å². The minimum atomic E-state index is -4.64. The van der Waals surface area contributed by atoms with E-state index in [2.05, 4.69) is 20.4 Å². The lowest BCUT2D eigenvalue weighted by Crippen LogP contribution is -2.32. The number of aliphatic hydroxyl groups excluding tert-OH is 1. The van der Waals surface area contributed by atoms with Gasteiger partial charge >= 0.3 is 13.9 Å². The number of carbonyl (C=O) groups is 1. The molecular formula is C20H21F2N6O7P. The number of phosphoric acid groups is 1. The van der Waals surface area contributed by atoms with Gasteiger partial charge in [-0.2, -0.15) is 4.80 Å². The van der Waals surface area contributed by atoms with Crippen molar-refractivity contribution in [1.29, 1.82) is 0 Å². The maximum absolute atomic E-state index is 14.8. The molecule has 1 saturated heterocycles. The first-order valence-corrected chi connectivity index (χ1v) is 12.2. The highest BCUT2D eigenvalue weighted by Crippen LogP contribution is 2.33. The second-order valence-electron chi connectivity index (χ2n) is 8.03. The molecule has 1 saturated carbocycles. The van der Waals surface area contributed by atoms with Crippen molar-refractivity contribution in [3.8, 4) is 22.6 Å². The molecule has 1 aromatic carbocycles. The van der Waals surface area contributed by atoms with Crippen molar-refractivity contribution in [3.63, 3.8) is 0 Å². The number of rotatable bonds is 6. The van der Waals surface area contributed by atoms with Crippen molar-refractivity contribution in [2.24, 2.45) is 0 Å². The molecule has 2 aliphatic rings. The van der Waals surface area contributed by atoms with E-state index in [4.69, 9.17) is 24.0 Å². The molecular weight excluding hydrogens is 505 g/mol. The van der Waals surface area contributed by atoms with E-state index < -0.39 is 38.6 Å². The van der Waals surface area contributed by atoms with Crippen LogP contribution in [0.5, 0.6) is 0 Å². The highest BCUT2D eigenvalue weighted by Gasteiger charge is 2.37. The van der Waals surface area contributed by atoms with Crippen molar-refractivity contribution in [2.45, 2.75) is 31.1 Å². The number of tetrazole rings is 1. The lowest BCUT2D eigenvalue weighted by atomic mass is 10.1. The number of halogens is 2. The Labute approximate surface area is 202 Å². The van der Waals surface area contributed by atoms with Gasteiger partial charge in [-0.15, -0.1) is 10.2 Å². The molecule has 0 spiro atoms. The molecule has 3 aromatic rings. The quantitative estimate of drug-likeness (QED) is 0.342. The Balaban J connectivity index is 0.000000556. The third-order valence-electron chi connectivity index (χ3n) is 5.29. The van der Waals surface area contributed by atoms with Crippen molar-refractivity contribution in [3.05, 3.63) is 42.3 Å². The minimum Gasteiger partial charge on any atom is -0.441 e. The van der Waals surface area contributed by atoms with Crippen LogP contribution in [0.1, 0.15) is 18.9 Å². The van der Waals surface area contributed by atoms with Crippen LogP contribution in [0.2, 0.25) is 0 Å². The highest BCUT2D eigenvalue weighted by atomic mass is 31.2. The Hall–Kier alpha value is -3.36. The number of ether oxygens (including phenoxy) is 1. The summed E-state index contributed by atoms with van der Waals surface area (Å²) in [6, 6.07) is 7.98. The zero-order chi connectivity index (χ0) is 26.0. The largest absolute Gasteiger partial charge is 0.466 e. The monoisotopic (exact) mass is 526 g/mol. The summed E-state index contributed by atoms with van der Waals surface area (Å²) in [4.78, 5) is 40.6. The summed E-state index contributed by atoms with van der Waals surface area (Å²) in [6.07, 6.45) is 0.435. The first-order valence-electron chi connectivity index (χ1n) is 10.6. The van der Waals surface area contributed by atoms with Crippen LogP contribution in [0, 0.1) is 5.82 Å². The summed E-state index contributed by atoms with van der Waals surface area (Å²) in [5.74, 6) is -0.154. The fourth-order valence-corrected chi connectivity index (χ4v) is 3.37. The number of cyclic esters (lactones) is 1. The van der Waals surface area contributed by atoms with Crippen molar-refractivity contribution in [2.75, 3.05) is 18.1 Å². The van der Waals surface area contributed by atoms with E-state index in [1.54, 1.807) is 23.0 Å². The zero-order valence-electron chi connectivity index (χ0n) is 18.4. The predicted octanol–water partition coefficient (Wildman–Crippen LogP) is 1.60. The van der Waals surface area contributed by atoms with E-state index in [1.165, 1.54) is 18.3 Å². The summed E-state index contributed by atoms with van der Waals surface area (Å²) in [6.45, 7) is -1.10. The Morgan fingerprint density at radius 3 is 2.50 bits per heavy atom. The van der Waals surface area contributed by atoms with Crippen LogP contribution >= 0.6 is 7.82 Å². The fraction of sp³-hybridized carbons (Fsp3) is 0.350. The summed E-state index contributed by atoms with van der Waals surface area (Å²) >= 11 is 0. The molecule has 5 rings (SSSR count). The third kappa shape index (κ3) is 6.25. The summed E-state index contributed by atoms with van der Waals surface area (Å²) < 4.78 is 41.3. The lowest BCUT2D eigenvalue weighted by Gasteiger charge is -2.15. The van der Waals surface area contributed by atoms with Gasteiger partial charge in [0.05, 0.1) is 18.3 Å². The molecule has 1 aliphatic carbocycles. The van der Waals surface area contributed by atoms with Crippen LogP contribution in [-0.2, 0) is 9.30 Å². The number of amides is 1. The number of alkyl halides is 1. The Morgan fingerprint density at radius 2 is 1.92 bits per heavy atom. The molecule has 192 valence electrons. The molecule has 4 N–H and O–H groups in total. The standard InChI is InChI=1S/C20H18F2N6O3.H3O4P/c21-8-17(29)18-10-27(20(30)31-18)13-4-5-14(15(22)7-13)11-1-6-16(23-9-11)19-24-26-28(25-19)12-2-3-12;1-5(2,3)4/h1,4-7,9,12,17-18,29H,2-3,8,10H2;(H3,1,2,3,4)/t17?,18-;/m0./s1. The number of aliphatic hydroxyl groups is 1. The number of benzene rings is 1. The Bertz CT molecular complexity index is 1280. The van der Waals surface area contributed by atoms with Crippen molar-refractivity contribution >= 4 is 19.6 Å². The predicted molar refractivity (Wildman–Crippen MR) is 119 cm³/mol. The number of nitrogens with zero attached hydrogens (tertiary/aromatic N) is 6. The number of hydrogen-bond donors (Lipinski definition) is 4. The minimum absolute atomic E-state index is 0.0620. The molecule has 13 nitrogen and oxygen atoms in total. The van der Waals surface area contributed by atoms with Gasteiger partial charge in [0, 0.05) is 17.3 Å². The van der Waals surface area contributed by atoms with Crippen molar-refractivity contribution in [1.82, 2.24) is 25.2 Å². The van der Waals surface area contributed by atoms with Gasteiger partial charge in [0.1, 0.15) is 24.3 Å². The Kier molecular flexibility index (Phi) is 7.38. The molecule has 1 unspecified atom stereocenters. The van der Waals surface area contributed by atoms with Gasteiger partial charge in [0.15, 0.2) is 6.10 Å². The van der Waals surface area contributed by atoms with Crippen LogP contribution in [-0.4, -0.2) is 76.5 Å². The summed E-state index contributed by atoms with van der Waals surface area (Å²) in [7, 11) is -4.64. The van der Waals surface area contributed by atoms with Crippen LogP contribution in [0.15, 0.2) is 36.5 Å². The normalized spacial score (nSPS) is 18.4. The van der Waals surface area contributed by atoms with Crippen LogP contribution in [0.4, 0.5) is 19.3 Å². The van der Waals surface area contributed by atoms with Crippen LogP contribution in [0.25, 0.3) is 22.6 Å². The van der Waals surface area contributed by atoms with Gasteiger partial charge in [-0.25, -0.2) is 18.1 Å². The Morgan fingerprint density at radius 1 is 1.19 bits per heavy atom. The van der Waals surface area contributed by atoms with Gasteiger partial charge in [-0.1, -0.05) is 6.07 Å². The van der Waals surface area contributed by atoms with E-state index in [0.717, 1.165) is 17.7 Å². The molecule has 1 amide bonds. The number of aromatic nitrogens is 5. The van der Waals surface area contributed by atoms with Gasteiger partial charge < -0.3 is 24.5 Å². The van der Waals surface area contributed by atoms with Gasteiger partial charge in [0.2, 0.25) is 5.82 Å². The molecule has 3 heterocycles. The topological polar surface area (TPSA) is 184 Å². The van der Waals surface area contributed by atoms with Gasteiger partial charge in [0.25, 0.3) is 0 Å². The first-order chi connectivity index (χ1) is 17.0. The SMILES string of the molecule is O=C1O[C@H](C(O)CF)CN1c1ccc(-c2ccc(-c3nnn(C4CC4)n3)nc2)c(F)c1.O=P(O)(O)O. The van der Waals surface area contributed by atoms with Gasteiger partial charge in [-0.3, -0.25) is 9.88 Å². The van der Waals surface area contributed by atoms with Crippen molar-refractivity contribution < 1.29 is 42.7 Å². The zero-order valence-corrected chi connectivity index (χ0v) is 19.3. The second kappa shape index (κ2) is 10.3. The molecule has 0 radical (unpaired) electrons. The maximum Gasteiger partial charge on any atom is 0.466 e. The number of anilines is 1. The second-order valence-corrected chi connectivity index (χ2v) is 9.06. The fourth-order valence-electron chi connectivity index (χ4n) is 3.37. The lowest BCUT2D eigenvalue weighted by molar-refractivity contribution is 0.0188. The third-order valence-corrected chi connectivity index (χ3v) is 5.29. The average molecular weight is 526 g/mol. The highest BCUT2D eigenvalue weighted by molar-refractivity contribution is 7.45.